The fourth-order valence-electron chi connectivity index (χ4n) is 2.78. The lowest BCUT2D eigenvalue weighted by Crippen LogP contribution is -2.28. The Morgan fingerprint density at radius 2 is 2.10 bits per heavy atom. The van der Waals surface area contributed by atoms with Crippen molar-refractivity contribution in [2.75, 3.05) is 20.2 Å². The van der Waals surface area contributed by atoms with Gasteiger partial charge in [-0.1, -0.05) is 35.6 Å². The molecule has 3 aromatic rings. The predicted molar refractivity (Wildman–Crippen MR) is 113 cm³/mol. The molecule has 0 aliphatic carbocycles. The fourth-order valence-corrected chi connectivity index (χ4v) is 2.98. The number of aliphatic hydroxyl groups is 1. The van der Waals surface area contributed by atoms with Gasteiger partial charge in [-0.2, -0.15) is 5.10 Å². The number of likely N-dealkylation sites (N-methyl/N-ethyl adjacent to an activating group) is 1. The average molecular weight is 409 g/mol. The van der Waals surface area contributed by atoms with Crippen molar-refractivity contribution in [1.82, 2.24) is 19.7 Å². The summed E-state index contributed by atoms with van der Waals surface area (Å²) in [5, 5.41) is 13.6. The van der Waals surface area contributed by atoms with E-state index in [-0.39, 0.29) is 18.9 Å². The van der Waals surface area contributed by atoms with Crippen LogP contribution in [0.15, 0.2) is 48.7 Å². The molecule has 0 fully saturated rings. The van der Waals surface area contributed by atoms with Crippen LogP contribution < -0.4 is 0 Å². The monoisotopic (exact) mass is 408 g/mol. The van der Waals surface area contributed by atoms with Crippen LogP contribution in [-0.2, 0) is 4.79 Å². The Hall–Kier alpha value is -3.14. The van der Waals surface area contributed by atoms with Gasteiger partial charge >= 0.3 is 0 Å². The molecular weight excluding hydrogens is 388 g/mol. The van der Waals surface area contributed by atoms with E-state index in [4.69, 9.17) is 16.7 Å². The number of hydrogen-bond acceptors (Lipinski definition) is 4. The number of pyridine rings is 1. The van der Waals surface area contributed by atoms with Crippen molar-refractivity contribution in [3.63, 3.8) is 0 Å². The summed E-state index contributed by atoms with van der Waals surface area (Å²) in [5.41, 5.74) is 4.18. The van der Waals surface area contributed by atoms with Crippen molar-refractivity contribution in [2.24, 2.45) is 0 Å². The SMILES string of the molecule is Cc1ccnn1-c1cc(Cl)nc(-c2cccc(C#CCC(=O)N(C)CCO)c2)c1. The normalized spacial score (nSPS) is 10.3. The summed E-state index contributed by atoms with van der Waals surface area (Å²) < 4.78 is 1.80. The first-order chi connectivity index (χ1) is 14.0. The molecule has 7 heteroatoms. The van der Waals surface area contributed by atoms with E-state index in [1.54, 1.807) is 24.0 Å². The van der Waals surface area contributed by atoms with Crippen molar-refractivity contribution >= 4 is 17.5 Å². The maximum atomic E-state index is 11.9. The number of nitrogens with zero attached hydrogens (tertiary/aromatic N) is 4. The minimum absolute atomic E-state index is 0.0651. The lowest BCUT2D eigenvalue weighted by atomic mass is 10.1. The van der Waals surface area contributed by atoms with E-state index in [2.05, 4.69) is 21.9 Å². The number of benzene rings is 1. The maximum Gasteiger partial charge on any atom is 0.234 e. The van der Waals surface area contributed by atoms with E-state index in [0.717, 1.165) is 22.5 Å². The highest BCUT2D eigenvalue weighted by atomic mass is 35.5. The third kappa shape index (κ3) is 5.23. The van der Waals surface area contributed by atoms with E-state index >= 15 is 0 Å². The maximum absolute atomic E-state index is 11.9. The lowest BCUT2D eigenvalue weighted by molar-refractivity contribution is -0.129. The molecule has 2 heterocycles. The number of carbonyl (C=O) groups excluding carboxylic acids is 1. The molecule has 1 aromatic carbocycles. The van der Waals surface area contributed by atoms with Crippen molar-refractivity contribution in [1.29, 1.82) is 0 Å². The molecule has 29 heavy (non-hydrogen) atoms. The number of hydrogen-bond donors (Lipinski definition) is 1. The Morgan fingerprint density at radius 3 is 2.83 bits per heavy atom. The van der Waals surface area contributed by atoms with Gasteiger partial charge in [0.05, 0.1) is 24.4 Å². The van der Waals surface area contributed by atoms with Crippen molar-refractivity contribution in [3.8, 4) is 28.8 Å². The van der Waals surface area contributed by atoms with Crippen LogP contribution in [0.3, 0.4) is 0 Å². The zero-order valence-electron chi connectivity index (χ0n) is 16.3. The van der Waals surface area contributed by atoms with E-state index in [9.17, 15) is 4.79 Å². The Kier molecular flexibility index (Phi) is 6.65. The van der Waals surface area contributed by atoms with Crippen LogP contribution in [0.25, 0.3) is 16.9 Å². The first-order valence-electron chi connectivity index (χ1n) is 9.10. The number of halogens is 1. The minimum atomic E-state index is -0.126. The number of amides is 1. The van der Waals surface area contributed by atoms with E-state index < -0.39 is 0 Å². The number of aromatic nitrogens is 3. The number of carbonyl (C=O) groups is 1. The number of aliphatic hydroxyl groups excluding tert-OH is 1. The van der Waals surface area contributed by atoms with E-state index in [0.29, 0.717) is 17.4 Å². The van der Waals surface area contributed by atoms with Gasteiger partial charge in [-0.15, -0.1) is 0 Å². The standard InChI is InChI=1S/C22H21ClN4O2/c1-16-9-10-24-27(16)19-14-20(25-21(23)15-19)18-7-3-5-17(13-18)6-4-8-22(29)26(2)11-12-28/h3,5,7,9-10,13-15,28H,8,11-12H2,1-2H3. The molecule has 0 unspecified atom stereocenters. The molecular formula is C22H21ClN4O2. The zero-order valence-corrected chi connectivity index (χ0v) is 17.0. The van der Waals surface area contributed by atoms with Gasteiger partial charge in [-0.05, 0) is 31.2 Å². The highest BCUT2D eigenvalue weighted by Gasteiger charge is 2.08. The topological polar surface area (TPSA) is 71.2 Å². The second kappa shape index (κ2) is 9.37. The molecule has 148 valence electrons. The summed E-state index contributed by atoms with van der Waals surface area (Å²) >= 11 is 6.24. The van der Waals surface area contributed by atoms with Gasteiger partial charge in [0.2, 0.25) is 5.91 Å². The predicted octanol–water partition coefficient (Wildman–Crippen LogP) is 3.09. The second-order valence-corrected chi connectivity index (χ2v) is 6.90. The van der Waals surface area contributed by atoms with Gasteiger partial charge < -0.3 is 10.0 Å². The summed E-state index contributed by atoms with van der Waals surface area (Å²) in [6.07, 6.45) is 1.83. The number of aryl methyl sites for hydroxylation is 1. The Labute approximate surface area is 174 Å². The van der Waals surface area contributed by atoms with E-state index in [1.807, 2.05) is 43.3 Å². The molecule has 0 bridgehead atoms. The molecule has 0 saturated heterocycles. The van der Waals surface area contributed by atoms with Gasteiger partial charge in [0, 0.05) is 42.7 Å². The molecule has 3 rings (SSSR count). The smallest absolute Gasteiger partial charge is 0.234 e. The number of rotatable bonds is 5. The van der Waals surface area contributed by atoms with Gasteiger partial charge in [0.15, 0.2) is 0 Å². The third-order valence-electron chi connectivity index (χ3n) is 4.35. The van der Waals surface area contributed by atoms with Gasteiger partial charge in [0.25, 0.3) is 0 Å². The van der Waals surface area contributed by atoms with Crippen LogP contribution in [0.1, 0.15) is 17.7 Å². The van der Waals surface area contributed by atoms with E-state index in [1.165, 1.54) is 4.90 Å². The summed E-state index contributed by atoms with van der Waals surface area (Å²) in [6, 6.07) is 13.2. The first-order valence-corrected chi connectivity index (χ1v) is 9.48. The van der Waals surface area contributed by atoms with Crippen LogP contribution in [0.2, 0.25) is 5.15 Å². The second-order valence-electron chi connectivity index (χ2n) is 6.52. The minimum Gasteiger partial charge on any atom is -0.395 e. The summed E-state index contributed by atoms with van der Waals surface area (Å²) in [7, 11) is 1.64. The Morgan fingerprint density at radius 1 is 1.28 bits per heavy atom. The highest BCUT2D eigenvalue weighted by molar-refractivity contribution is 6.29. The highest BCUT2D eigenvalue weighted by Crippen LogP contribution is 2.24. The fraction of sp³-hybridized carbons (Fsp3) is 0.227. The van der Waals surface area contributed by atoms with Crippen molar-refractivity contribution in [3.05, 3.63) is 65.1 Å². The quantitative estimate of drug-likeness (QED) is 0.520. The Bertz CT molecular complexity index is 1080. The molecule has 0 atom stereocenters. The molecule has 0 aliphatic heterocycles. The Balaban J connectivity index is 1.84. The van der Waals surface area contributed by atoms with Crippen molar-refractivity contribution in [2.45, 2.75) is 13.3 Å². The largest absolute Gasteiger partial charge is 0.395 e. The van der Waals surface area contributed by atoms with Gasteiger partial charge in [0.1, 0.15) is 5.15 Å². The molecule has 6 nitrogen and oxygen atoms in total. The van der Waals surface area contributed by atoms with Gasteiger partial charge in [-0.25, -0.2) is 9.67 Å². The molecule has 0 saturated carbocycles. The summed E-state index contributed by atoms with van der Waals surface area (Å²) in [6.45, 7) is 2.20. The van der Waals surface area contributed by atoms with Crippen LogP contribution in [-0.4, -0.2) is 50.9 Å². The summed E-state index contributed by atoms with van der Waals surface area (Å²) in [4.78, 5) is 17.8. The molecule has 1 N–H and O–H groups in total. The molecule has 0 spiro atoms. The van der Waals surface area contributed by atoms with Crippen LogP contribution in [0, 0.1) is 18.8 Å². The summed E-state index contributed by atoms with van der Waals surface area (Å²) in [5.74, 6) is 5.77. The van der Waals surface area contributed by atoms with Crippen LogP contribution in [0.4, 0.5) is 0 Å². The lowest BCUT2D eigenvalue weighted by Gasteiger charge is -2.13. The first kappa shape index (κ1) is 20.6. The van der Waals surface area contributed by atoms with Gasteiger partial charge in [-0.3, -0.25) is 4.79 Å². The molecule has 2 aromatic heterocycles. The molecule has 1 amide bonds. The molecule has 0 radical (unpaired) electrons. The molecule has 0 aliphatic rings. The van der Waals surface area contributed by atoms with Crippen molar-refractivity contribution < 1.29 is 9.90 Å². The zero-order chi connectivity index (χ0) is 20.8. The van der Waals surface area contributed by atoms with Crippen LogP contribution in [0.5, 0.6) is 0 Å². The third-order valence-corrected chi connectivity index (χ3v) is 4.54. The van der Waals surface area contributed by atoms with Crippen LogP contribution >= 0.6 is 11.6 Å². The average Bonchev–Trinajstić information content (AvgIpc) is 3.14.